The lowest BCUT2D eigenvalue weighted by Crippen LogP contribution is -2.31. The standard InChI is InChI=1S/C50H44N2/c1-48(2,3)33-28-31-24-26-34-44(51-40-20-12-8-16-36(40)49(4,5)37-17-9-13-21-41(37)51)30-45(35-27-25-32(29-33)46(31)47(34)35)52-42-22-14-10-18-38(42)50(6,7)39-19-11-15-23-43(39)52/h8-30H,1-7H3. The molecular weight excluding hydrogens is 629 g/mol. The molecule has 0 unspecified atom stereocenters. The van der Waals surface area contributed by atoms with Gasteiger partial charge in [-0.15, -0.1) is 0 Å². The number of para-hydroxylation sites is 4. The Labute approximate surface area is 307 Å². The molecule has 0 radical (unpaired) electrons. The van der Waals surface area contributed by atoms with Gasteiger partial charge >= 0.3 is 0 Å². The molecule has 0 N–H and O–H groups in total. The zero-order chi connectivity index (χ0) is 35.7. The number of rotatable bonds is 2. The third kappa shape index (κ3) is 4.12. The minimum absolute atomic E-state index is 0.0445. The van der Waals surface area contributed by atoms with Gasteiger partial charge in [0.2, 0.25) is 0 Å². The summed E-state index contributed by atoms with van der Waals surface area (Å²) in [6.45, 7) is 16.4. The van der Waals surface area contributed by atoms with E-state index in [1.165, 1.54) is 94.3 Å². The first-order valence-electron chi connectivity index (χ1n) is 18.7. The van der Waals surface area contributed by atoms with Gasteiger partial charge in [-0.05, 0) is 79.7 Å². The molecule has 2 nitrogen and oxygen atoms in total. The molecule has 254 valence electrons. The highest BCUT2D eigenvalue weighted by molar-refractivity contribution is 6.29. The maximum Gasteiger partial charge on any atom is 0.0561 e. The molecule has 52 heavy (non-hydrogen) atoms. The van der Waals surface area contributed by atoms with E-state index in [1.54, 1.807) is 0 Å². The summed E-state index contributed by atoms with van der Waals surface area (Å²) in [5.41, 5.74) is 13.8. The summed E-state index contributed by atoms with van der Waals surface area (Å²) < 4.78 is 0. The van der Waals surface area contributed by atoms with Gasteiger partial charge in [0, 0.05) is 27.0 Å². The van der Waals surface area contributed by atoms with Crippen molar-refractivity contribution < 1.29 is 0 Å². The van der Waals surface area contributed by atoms with Crippen molar-refractivity contribution in [1.29, 1.82) is 0 Å². The first kappa shape index (κ1) is 31.2. The van der Waals surface area contributed by atoms with Crippen molar-refractivity contribution in [3.05, 3.63) is 167 Å². The predicted molar refractivity (Wildman–Crippen MR) is 222 cm³/mol. The summed E-state index contributed by atoms with van der Waals surface area (Å²) >= 11 is 0. The summed E-state index contributed by atoms with van der Waals surface area (Å²) in [6, 6.07) is 52.9. The predicted octanol–water partition coefficient (Wildman–Crippen LogP) is 14.1. The average Bonchev–Trinajstić information content (AvgIpc) is 3.14. The topological polar surface area (TPSA) is 6.48 Å². The second kappa shape index (κ2) is 10.5. The molecule has 0 saturated heterocycles. The Bertz CT molecular complexity index is 2470. The number of nitrogens with zero attached hydrogens (tertiary/aromatic N) is 2. The lowest BCUT2D eigenvalue weighted by Gasteiger charge is -2.44. The Morgan fingerprint density at radius 2 is 0.731 bits per heavy atom. The van der Waals surface area contributed by atoms with E-state index in [2.05, 4.69) is 198 Å². The van der Waals surface area contributed by atoms with E-state index in [-0.39, 0.29) is 16.2 Å². The second-order valence-electron chi connectivity index (χ2n) is 17.1. The van der Waals surface area contributed by atoms with Crippen LogP contribution in [0.1, 0.15) is 76.3 Å². The second-order valence-corrected chi connectivity index (χ2v) is 17.1. The molecule has 0 saturated carbocycles. The summed E-state index contributed by atoms with van der Waals surface area (Å²) in [6.07, 6.45) is 0. The molecule has 2 aliphatic heterocycles. The quantitative estimate of drug-likeness (QED) is 0.169. The summed E-state index contributed by atoms with van der Waals surface area (Å²) in [4.78, 5) is 5.11. The Hall–Kier alpha value is -5.60. The minimum atomic E-state index is -0.143. The number of hydrogen-bond acceptors (Lipinski definition) is 2. The van der Waals surface area contributed by atoms with E-state index in [0.717, 1.165) is 0 Å². The molecule has 8 aromatic rings. The summed E-state index contributed by atoms with van der Waals surface area (Å²) in [5.74, 6) is 0. The molecule has 2 heteroatoms. The van der Waals surface area contributed by atoms with Crippen molar-refractivity contribution in [3.8, 4) is 0 Å². The van der Waals surface area contributed by atoms with Gasteiger partial charge < -0.3 is 9.80 Å². The van der Waals surface area contributed by atoms with Crippen LogP contribution in [0, 0.1) is 0 Å². The molecule has 0 spiro atoms. The summed E-state index contributed by atoms with van der Waals surface area (Å²) in [7, 11) is 0. The van der Waals surface area contributed by atoms with Crippen LogP contribution in [0.4, 0.5) is 34.1 Å². The monoisotopic (exact) mass is 672 g/mol. The molecule has 10 rings (SSSR count). The fraction of sp³-hybridized carbons (Fsp3) is 0.200. The van der Waals surface area contributed by atoms with Crippen molar-refractivity contribution in [1.82, 2.24) is 0 Å². The van der Waals surface area contributed by atoms with Gasteiger partial charge in [0.1, 0.15) is 0 Å². The third-order valence-corrected chi connectivity index (χ3v) is 12.3. The largest absolute Gasteiger partial charge is 0.309 e. The molecule has 0 aliphatic carbocycles. The van der Waals surface area contributed by atoms with Crippen LogP contribution in [-0.2, 0) is 16.2 Å². The van der Waals surface area contributed by atoms with Crippen LogP contribution < -0.4 is 9.80 Å². The van der Waals surface area contributed by atoms with Crippen molar-refractivity contribution in [3.63, 3.8) is 0 Å². The first-order valence-corrected chi connectivity index (χ1v) is 18.7. The third-order valence-electron chi connectivity index (χ3n) is 12.3. The van der Waals surface area contributed by atoms with Crippen molar-refractivity contribution in [2.45, 2.75) is 64.7 Å². The van der Waals surface area contributed by atoms with E-state index < -0.39 is 0 Å². The number of fused-ring (bicyclic) bond motifs is 4. The van der Waals surface area contributed by atoms with Gasteiger partial charge in [-0.3, -0.25) is 0 Å². The number of hydrogen-bond donors (Lipinski definition) is 0. The van der Waals surface area contributed by atoms with Crippen LogP contribution in [0.2, 0.25) is 0 Å². The fourth-order valence-corrected chi connectivity index (χ4v) is 9.54. The van der Waals surface area contributed by atoms with Gasteiger partial charge in [0.05, 0.1) is 34.1 Å². The van der Waals surface area contributed by atoms with E-state index in [0.29, 0.717) is 0 Å². The van der Waals surface area contributed by atoms with Gasteiger partial charge in [-0.1, -0.05) is 158 Å². The molecule has 0 aromatic heterocycles. The fourth-order valence-electron chi connectivity index (χ4n) is 9.54. The highest BCUT2D eigenvalue weighted by atomic mass is 15.2. The Morgan fingerprint density at radius 1 is 0.385 bits per heavy atom. The van der Waals surface area contributed by atoms with Crippen LogP contribution >= 0.6 is 0 Å². The highest BCUT2D eigenvalue weighted by Crippen LogP contribution is 2.58. The lowest BCUT2D eigenvalue weighted by molar-refractivity contribution is 0.591. The van der Waals surface area contributed by atoms with E-state index in [1.807, 2.05) is 0 Å². The van der Waals surface area contributed by atoms with Crippen molar-refractivity contribution >= 4 is 66.4 Å². The van der Waals surface area contributed by atoms with Crippen LogP contribution in [0.5, 0.6) is 0 Å². The van der Waals surface area contributed by atoms with E-state index in [4.69, 9.17) is 0 Å². The zero-order valence-electron chi connectivity index (χ0n) is 31.2. The number of benzene rings is 8. The van der Waals surface area contributed by atoms with Crippen LogP contribution in [0.3, 0.4) is 0 Å². The van der Waals surface area contributed by atoms with E-state index in [9.17, 15) is 0 Å². The van der Waals surface area contributed by atoms with E-state index >= 15 is 0 Å². The highest BCUT2D eigenvalue weighted by Gasteiger charge is 2.40. The van der Waals surface area contributed by atoms with Crippen LogP contribution in [0.15, 0.2) is 140 Å². The van der Waals surface area contributed by atoms with Gasteiger partial charge in [0.15, 0.2) is 0 Å². The van der Waals surface area contributed by atoms with Gasteiger partial charge in [-0.25, -0.2) is 0 Å². The van der Waals surface area contributed by atoms with Crippen molar-refractivity contribution in [2.75, 3.05) is 9.80 Å². The zero-order valence-corrected chi connectivity index (χ0v) is 31.2. The Balaban J connectivity index is 1.38. The first-order chi connectivity index (χ1) is 25.0. The van der Waals surface area contributed by atoms with Crippen LogP contribution in [0.25, 0.3) is 32.3 Å². The lowest BCUT2D eigenvalue weighted by atomic mass is 9.73. The smallest absolute Gasteiger partial charge is 0.0561 e. The average molecular weight is 673 g/mol. The Kier molecular flexibility index (Phi) is 6.28. The molecule has 8 aromatic carbocycles. The molecule has 0 atom stereocenters. The maximum absolute atomic E-state index is 2.55. The maximum atomic E-state index is 2.55. The molecule has 0 amide bonds. The van der Waals surface area contributed by atoms with Crippen molar-refractivity contribution in [2.24, 2.45) is 0 Å². The van der Waals surface area contributed by atoms with Crippen LogP contribution in [-0.4, -0.2) is 0 Å². The SMILES string of the molecule is CC(C)(C)c1cc2ccc3c(N4c5ccccc5C(C)(C)c5ccccc54)cc(N4c5ccccc5C(C)(C)c5ccccc54)c4ccc(c1)c2c34. The Morgan fingerprint density at radius 3 is 1.08 bits per heavy atom. The number of anilines is 6. The van der Waals surface area contributed by atoms with Gasteiger partial charge in [0.25, 0.3) is 0 Å². The molecule has 2 aliphatic rings. The molecule has 0 fully saturated rings. The molecule has 0 bridgehead atoms. The molecule has 2 heterocycles. The minimum Gasteiger partial charge on any atom is -0.309 e. The normalized spacial score (nSPS) is 15.8. The van der Waals surface area contributed by atoms with Gasteiger partial charge in [-0.2, -0.15) is 0 Å². The molecular formula is C50H44N2. The summed E-state index contributed by atoms with van der Waals surface area (Å²) in [5, 5.41) is 7.79.